The highest BCUT2D eigenvalue weighted by atomic mass is 32.1. The molecule has 0 saturated carbocycles. The Hall–Kier alpha value is -2.14. The number of hydrogen-bond acceptors (Lipinski definition) is 4. The van der Waals surface area contributed by atoms with Gasteiger partial charge in [-0.3, -0.25) is 4.79 Å². The van der Waals surface area contributed by atoms with Crippen molar-refractivity contribution in [2.75, 3.05) is 11.9 Å². The Kier molecular flexibility index (Phi) is 5.11. The van der Waals surface area contributed by atoms with Crippen LogP contribution in [0.15, 0.2) is 34.7 Å². The van der Waals surface area contributed by atoms with E-state index < -0.39 is 0 Å². The van der Waals surface area contributed by atoms with Gasteiger partial charge in [0.2, 0.25) is 0 Å². The molecule has 2 aromatic rings. The smallest absolute Gasteiger partial charge is 0.259 e. The topological polar surface area (TPSA) is 53.5 Å². The molecule has 0 aliphatic rings. The van der Waals surface area contributed by atoms with Crippen molar-refractivity contribution in [3.05, 3.63) is 51.2 Å². The van der Waals surface area contributed by atoms with Crippen LogP contribution in [0.3, 0.4) is 0 Å². The number of rotatable bonds is 5. The Bertz CT molecular complexity index is 661. The Morgan fingerprint density at radius 1 is 1.24 bits per heavy atom. The van der Waals surface area contributed by atoms with Crippen LogP contribution in [0.2, 0.25) is 0 Å². The van der Waals surface area contributed by atoms with Crippen molar-refractivity contribution in [3.8, 4) is 0 Å². The molecule has 1 heterocycles. The average molecular weight is 301 g/mol. The van der Waals surface area contributed by atoms with Gasteiger partial charge in [0.1, 0.15) is 0 Å². The molecule has 0 fully saturated rings. The number of thiophene rings is 1. The molecule has 0 bridgehead atoms. The maximum absolute atomic E-state index is 11.7. The summed E-state index contributed by atoms with van der Waals surface area (Å²) >= 11 is 1.60. The maximum Gasteiger partial charge on any atom is 0.259 e. The lowest BCUT2D eigenvalue weighted by molar-refractivity contribution is -0.119. The van der Waals surface area contributed by atoms with E-state index in [2.05, 4.69) is 21.9 Å². The molecule has 0 radical (unpaired) electrons. The molecule has 5 heteroatoms. The number of carbonyl (C=O) groups excluding carboxylic acids is 1. The van der Waals surface area contributed by atoms with Gasteiger partial charge in [0.15, 0.2) is 0 Å². The summed E-state index contributed by atoms with van der Waals surface area (Å²) in [6, 6.07) is 8.11. The SMILES string of the molecule is Cc1ccc(NCC(=O)N/N=C/c2sccc2C)c(C)c1. The van der Waals surface area contributed by atoms with Crippen LogP contribution in [0.1, 0.15) is 21.6 Å². The minimum atomic E-state index is -0.166. The predicted molar refractivity (Wildman–Crippen MR) is 89.2 cm³/mol. The molecule has 0 aliphatic heterocycles. The van der Waals surface area contributed by atoms with Crippen molar-refractivity contribution >= 4 is 29.1 Å². The fourth-order valence-electron chi connectivity index (χ4n) is 1.91. The van der Waals surface area contributed by atoms with Crippen LogP contribution in [0.5, 0.6) is 0 Å². The summed E-state index contributed by atoms with van der Waals surface area (Å²) in [6.07, 6.45) is 1.68. The first-order valence-electron chi connectivity index (χ1n) is 6.73. The normalized spacial score (nSPS) is 10.8. The van der Waals surface area contributed by atoms with E-state index in [1.807, 2.05) is 44.4 Å². The summed E-state index contributed by atoms with van der Waals surface area (Å²) in [5, 5.41) is 9.08. The zero-order chi connectivity index (χ0) is 15.2. The zero-order valence-corrected chi connectivity index (χ0v) is 13.3. The van der Waals surface area contributed by atoms with Crippen LogP contribution in [-0.4, -0.2) is 18.7 Å². The highest BCUT2D eigenvalue weighted by Crippen LogP contribution is 2.15. The molecule has 1 aromatic carbocycles. The third kappa shape index (κ3) is 4.43. The van der Waals surface area contributed by atoms with Gasteiger partial charge in [-0.05, 0) is 49.4 Å². The van der Waals surface area contributed by atoms with E-state index in [4.69, 9.17) is 0 Å². The van der Waals surface area contributed by atoms with Crippen LogP contribution in [0.25, 0.3) is 0 Å². The maximum atomic E-state index is 11.7. The first-order chi connectivity index (χ1) is 10.1. The van der Waals surface area contributed by atoms with E-state index in [-0.39, 0.29) is 12.5 Å². The highest BCUT2D eigenvalue weighted by molar-refractivity contribution is 7.11. The van der Waals surface area contributed by atoms with Gasteiger partial charge < -0.3 is 5.32 Å². The second-order valence-electron chi connectivity index (χ2n) is 4.93. The summed E-state index contributed by atoms with van der Waals surface area (Å²) in [4.78, 5) is 12.8. The number of aryl methyl sites for hydroxylation is 3. The molecule has 0 unspecified atom stereocenters. The van der Waals surface area contributed by atoms with Crippen LogP contribution < -0.4 is 10.7 Å². The van der Waals surface area contributed by atoms with Gasteiger partial charge in [0.25, 0.3) is 5.91 Å². The summed E-state index contributed by atoms with van der Waals surface area (Å²) in [5.41, 5.74) is 6.98. The molecule has 0 saturated heterocycles. The Labute approximate surface area is 128 Å². The lowest BCUT2D eigenvalue weighted by Crippen LogP contribution is -2.26. The van der Waals surface area contributed by atoms with Crippen molar-refractivity contribution in [2.24, 2.45) is 5.10 Å². The average Bonchev–Trinajstić information content (AvgIpc) is 2.83. The van der Waals surface area contributed by atoms with Gasteiger partial charge in [0.05, 0.1) is 12.8 Å². The second-order valence-corrected chi connectivity index (χ2v) is 5.88. The molecule has 1 aromatic heterocycles. The first-order valence-corrected chi connectivity index (χ1v) is 7.61. The summed E-state index contributed by atoms with van der Waals surface area (Å²) in [5.74, 6) is -0.166. The van der Waals surface area contributed by atoms with E-state index in [1.54, 1.807) is 17.6 Å². The molecule has 0 atom stereocenters. The molecule has 0 aliphatic carbocycles. The summed E-state index contributed by atoms with van der Waals surface area (Å²) in [6.45, 7) is 6.28. The van der Waals surface area contributed by atoms with E-state index in [1.165, 1.54) is 5.56 Å². The van der Waals surface area contributed by atoms with E-state index in [9.17, 15) is 4.79 Å². The fraction of sp³-hybridized carbons (Fsp3) is 0.250. The van der Waals surface area contributed by atoms with Crippen molar-refractivity contribution in [1.82, 2.24) is 5.43 Å². The molecular formula is C16H19N3OS. The number of benzene rings is 1. The monoisotopic (exact) mass is 301 g/mol. The lowest BCUT2D eigenvalue weighted by Gasteiger charge is -2.09. The molecule has 110 valence electrons. The molecule has 2 rings (SSSR count). The van der Waals surface area contributed by atoms with E-state index >= 15 is 0 Å². The molecule has 21 heavy (non-hydrogen) atoms. The van der Waals surface area contributed by atoms with Crippen LogP contribution in [-0.2, 0) is 4.79 Å². The molecule has 2 N–H and O–H groups in total. The van der Waals surface area contributed by atoms with Crippen molar-refractivity contribution in [1.29, 1.82) is 0 Å². The van der Waals surface area contributed by atoms with E-state index in [0.29, 0.717) is 0 Å². The standard InChI is InChI=1S/C16H19N3OS/c1-11-4-5-14(13(3)8-11)17-10-16(20)19-18-9-15-12(2)6-7-21-15/h4-9,17H,10H2,1-3H3,(H,19,20)/b18-9+. The number of hydrogen-bond donors (Lipinski definition) is 2. The van der Waals surface area contributed by atoms with Gasteiger partial charge in [-0.25, -0.2) is 5.43 Å². The van der Waals surface area contributed by atoms with Crippen molar-refractivity contribution < 1.29 is 4.79 Å². The van der Waals surface area contributed by atoms with Gasteiger partial charge >= 0.3 is 0 Å². The minimum absolute atomic E-state index is 0.166. The Morgan fingerprint density at radius 2 is 2.05 bits per heavy atom. The largest absolute Gasteiger partial charge is 0.376 e. The fourth-order valence-corrected chi connectivity index (χ4v) is 2.69. The van der Waals surface area contributed by atoms with Crippen LogP contribution >= 0.6 is 11.3 Å². The second kappa shape index (κ2) is 7.04. The Morgan fingerprint density at radius 3 is 2.71 bits per heavy atom. The quantitative estimate of drug-likeness (QED) is 0.658. The molecular weight excluding hydrogens is 282 g/mol. The highest BCUT2D eigenvalue weighted by Gasteiger charge is 2.02. The molecule has 4 nitrogen and oxygen atoms in total. The number of hydrazone groups is 1. The summed E-state index contributed by atoms with van der Waals surface area (Å²) < 4.78 is 0. The van der Waals surface area contributed by atoms with Gasteiger partial charge in [-0.2, -0.15) is 5.10 Å². The zero-order valence-electron chi connectivity index (χ0n) is 12.4. The third-order valence-corrected chi connectivity index (χ3v) is 4.05. The minimum Gasteiger partial charge on any atom is -0.376 e. The van der Waals surface area contributed by atoms with Gasteiger partial charge in [-0.1, -0.05) is 17.7 Å². The first kappa shape index (κ1) is 15.3. The van der Waals surface area contributed by atoms with Gasteiger partial charge in [-0.15, -0.1) is 11.3 Å². The third-order valence-electron chi connectivity index (χ3n) is 3.09. The predicted octanol–water partition coefficient (Wildman–Crippen LogP) is 3.24. The van der Waals surface area contributed by atoms with E-state index in [0.717, 1.165) is 21.7 Å². The molecule has 0 spiro atoms. The Balaban J connectivity index is 1.82. The number of nitrogens with zero attached hydrogens (tertiary/aromatic N) is 1. The van der Waals surface area contributed by atoms with Gasteiger partial charge in [0, 0.05) is 10.6 Å². The van der Waals surface area contributed by atoms with Crippen molar-refractivity contribution in [3.63, 3.8) is 0 Å². The number of amides is 1. The summed E-state index contributed by atoms with van der Waals surface area (Å²) in [7, 11) is 0. The number of nitrogens with one attached hydrogen (secondary N) is 2. The molecule has 1 amide bonds. The lowest BCUT2D eigenvalue weighted by atomic mass is 10.1. The van der Waals surface area contributed by atoms with Crippen LogP contribution in [0.4, 0.5) is 5.69 Å². The number of carbonyl (C=O) groups is 1. The van der Waals surface area contributed by atoms with Crippen LogP contribution in [0, 0.1) is 20.8 Å². The number of anilines is 1. The van der Waals surface area contributed by atoms with Crippen molar-refractivity contribution in [2.45, 2.75) is 20.8 Å².